The molecule has 2 aliphatic rings. The SMILES string of the molecule is Cc1ccc(-c2c(C(N)=O)sc(N3CC[C@@H](O)C3)c2C#N)c(Cl)c1.N#Cc1c(N2CC(O)C2)sc(C(N)=O)c1-c1ccc(Cl)cc1Cl. The molecule has 2 aliphatic heterocycles. The molecule has 2 fully saturated rings. The molecule has 2 saturated heterocycles. The van der Waals surface area contributed by atoms with Gasteiger partial charge < -0.3 is 31.5 Å². The van der Waals surface area contributed by atoms with Crippen molar-refractivity contribution < 1.29 is 19.8 Å². The first kappa shape index (κ1) is 34.5. The summed E-state index contributed by atoms with van der Waals surface area (Å²) in [5, 5.41) is 41.1. The number of carbonyl (C=O) groups is 2. The summed E-state index contributed by atoms with van der Waals surface area (Å²) in [6, 6.07) is 14.6. The van der Waals surface area contributed by atoms with Gasteiger partial charge in [0.1, 0.15) is 31.9 Å². The monoisotopic (exact) mass is 728 g/mol. The highest BCUT2D eigenvalue weighted by Crippen LogP contribution is 2.46. The fraction of sp³-hybridized carbons (Fsp3) is 0.250. The van der Waals surface area contributed by atoms with E-state index in [2.05, 4.69) is 12.1 Å². The molecule has 0 saturated carbocycles. The van der Waals surface area contributed by atoms with Crippen LogP contribution in [-0.2, 0) is 0 Å². The average Bonchev–Trinajstić information content (AvgIpc) is 3.70. The van der Waals surface area contributed by atoms with Crippen LogP contribution >= 0.6 is 57.5 Å². The summed E-state index contributed by atoms with van der Waals surface area (Å²) < 4.78 is 0. The number of halogens is 3. The number of nitrogens with zero attached hydrogens (tertiary/aromatic N) is 4. The maximum Gasteiger partial charge on any atom is 0.259 e. The van der Waals surface area contributed by atoms with Gasteiger partial charge in [-0.3, -0.25) is 9.59 Å². The lowest BCUT2D eigenvalue weighted by Crippen LogP contribution is -2.50. The van der Waals surface area contributed by atoms with Crippen LogP contribution in [0.4, 0.5) is 10.0 Å². The quantitative estimate of drug-likeness (QED) is 0.192. The summed E-state index contributed by atoms with van der Waals surface area (Å²) in [5.74, 6) is -1.21. The van der Waals surface area contributed by atoms with Crippen LogP contribution in [-0.4, -0.2) is 60.4 Å². The number of anilines is 2. The number of amides is 2. The van der Waals surface area contributed by atoms with Crippen molar-refractivity contribution in [2.75, 3.05) is 36.0 Å². The van der Waals surface area contributed by atoms with Crippen molar-refractivity contribution in [1.29, 1.82) is 10.5 Å². The van der Waals surface area contributed by atoms with Crippen molar-refractivity contribution >= 4 is 79.3 Å². The van der Waals surface area contributed by atoms with Gasteiger partial charge in [-0.2, -0.15) is 10.5 Å². The first-order valence-electron chi connectivity index (χ1n) is 14.2. The van der Waals surface area contributed by atoms with Crippen LogP contribution in [0.25, 0.3) is 22.3 Å². The summed E-state index contributed by atoms with van der Waals surface area (Å²) in [4.78, 5) is 28.1. The van der Waals surface area contributed by atoms with Gasteiger partial charge in [-0.25, -0.2) is 0 Å². The zero-order valence-corrected chi connectivity index (χ0v) is 28.7. The van der Waals surface area contributed by atoms with Crippen LogP contribution in [0.5, 0.6) is 0 Å². The minimum atomic E-state index is -0.625. The second-order valence-corrected chi connectivity index (χ2v) is 14.2. The Labute approximate surface area is 293 Å². The summed E-state index contributed by atoms with van der Waals surface area (Å²) in [7, 11) is 0. The lowest BCUT2D eigenvalue weighted by atomic mass is 10.00. The van der Waals surface area contributed by atoms with Crippen LogP contribution in [0.1, 0.15) is 42.5 Å². The van der Waals surface area contributed by atoms with Crippen molar-refractivity contribution in [3.05, 3.63) is 77.9 Å². The molecule has 4 heterocycles. The van der Waals surface area contributed by atoms with Gasteiger partial charge in [0.25, 0.3) is 11.8 Å². The fourth-order valence-electron chi connectivity index (χ4n) is 5.41. The van der Waals surface area contributed by atoms with E-state index in [1.165, 1.54) is 11.3 Å². The topological polar surface area (TPSA) is 181 Å². The van der Waals surface area contributed by atoms with Gasteiger partial charge in [-0.05, 0) is 37.1 Å². The number of carbonyl (C=O) groups excluding carboxylic acids is 2. The van der Waals surface area contributed by atoms with Crippen LogP contribution in [0.15, 0.2) is 36.4 Å². The number of aliphatic hydroxyl groups excluding tert-OH is 2. The number of aliphatic hydroxyl groups is 2. The Bertz CT molecular complexity index is 1980. The van der Waals surface area contributed by atoms with Gasteiger partial charge >= 0.3 is 0 Å². The number of primary amides is 2. The first-order chi connectivity index (χ1) is 22.3. The molecule has 2 aromatic carbocycles. The number of aryl methyl sites for hydroxylation is 1. The molecular formula is C32H27Cl3N6O4S2. The van der Waals surface area contributed by atoms with Crippen molar-refractivity contribution in [3.8, 4) is 34.4 Å². The van der Waals surface area contributed by atoms with E-state index in [1.807, 2.05) is 22.8 Å². The molecule has 0 spiro atoms. The molecule has 10 nitrogen and oxygen atoms in total. The third-order valence-corrected chi connectivity index (χ3v) is 11.0. The molecule has 0 aliphatic carbocycles. The normalized spacial score (nSPS) is 15.8. The number of nitriles is 2. The smallest absolute Gasteiger partial charge is 0.259 e. The Balaban J connectivity index is 0.000000185. The highest BCUT2D eigenvalue weighted by Gasteiger charge is 2.33. The molecule has 6 N–H and O–H groups in total. The Morgan fingerprint density at radius 3 is 1.72 bits per heavy atom. The largest absolute Gasteiger partial charge is 0.391 e. The van der Waals surface area contributed by atoms with Crippen LogP contribution in [0.2, 0.25) is 15.1 Å². The molecule has 242 valence electrons. The van der Waals surface area contributed by atoms with E-state index in [0.717, 1.165) is 16.9 Å². The first-order valence-corrected chi connectivity index (χ1v) is 16.9. The Hall–Kier alpha value is -3.85. The van der Waals surface area contributed by atoms with Crippen molar-refractivity contribution in [3.63, 3.8) is 0 Å². The molecule has 2 amide bonds. The molecule has 0 bridgehead atoms. The van der Waals surface area contributed by atoms with Crippen molar-refractivity contribution in [2.45, 2.75) is 25.6 Å². The third-order valence-electron chi connectivity index (χ3n) is 7.64. The Morgan fingerprint density at radius 2 is 1.30 bits per heavy atom. The number of rotatable bonds is 6. The van der Waals surface area contributed by atoms with Gasteiger partial charge in [0.05, 0.1) is 23.3 Å². The molecule has 4 aromatic rings. The summed E-state index contributed by atoms with van der Waals surface area (Å²) in [6.07, 6.45) is -0.222. The number of β-amino-alcohol motifs (C(OH)–C–C–N with tert-alkyl or cyclic N) is 2. The highest BCUT2D eigenvalue weighted by atomic mass is 35.5. The van der Waals surface area contributed by atoms with E-state index in [-0.39, 0.29) is 4.88 Å². The molecule has 15 heteroatoms. The van der Waals surface area contributed by atoms with Crippen LogP contribution in [0.3, 0.4) is 0 Å². The minimum absolute atomic E-state index is 0.266. The van der Waals surface area contributed by atoms with Crippen molar-refractivity contribution in [2.24, 2.45) is 11.5 Å². The van der Waals surface area contributed by atoms with Gasteiger partial charge in [-0.15, -0.1) is 22.7 Å². The summed E-state index contributed by atoms with van der Waals surface area (Å²) >= 11 is 20.8. The van der Waals surface area contributed by atoms with Gasteiger partial charge in [-0.1, -0.05) is 53.0 Å². The maximum atomic E-state index is 11.9. The van der Waals surface area contributed by atoms with E-state index in [0.29, 0.717) is 95.9 Å². The van der Waals surface area contributed by atoms with E-state index >= 15 is 0 Å². The lowest BCUT2D eigenvalue weighted by molar-refractivity contribution is 0.0996. The molecule has 6 rings (SSSR count). The third kappa shape index (κ3) is 6.91. The summed E-state index contributed by atoms with van der Waals surface area (Å²) in [6.45, 7) is 3.83. The predicted molar refractivity (Wildman–Crippen MR) is 187 cm³/mol. The van der Waals surface area contributed by atoms with Crippen LogP contribution in [0, 0.1) is 29.6 Å². The van der Waals surface area contributed by atoms with Gasteiger partial charge in [0.15, 0.2) is 0 Å². The second-order valence-electron chi connectivity index (χ2n) is 11.0. The predicted octanol–water partition coefficient (Wildman–Crippen LogP) is 5.79. The molecule has 1 atom stereocenters. The zero-order valence-electron chi connectivity index (χ0n) is 24.8. The lowest BCUT2D eigenvalue weighted by Gasteiger charge is -2.36. The van der Waals surface area contributed by atoms with Crippen LogP contribution < -0.4 is 21.3 Å². The molecule has 2 aromatic heterocycles. The number of thiophene rings is 2. The Morgan fingerprint density at radius 1 is 0.809 bits per heavy atom. The van der Waals surface area contributed by atoms with E-state index in [1.54, 1.807) is 30.3 Å². The van der Waals surface area contributed by atoms with Gasteiger partial charge in [0.2, 0.25) is 0 Å². The van der Waals surface area contributed by atoms with Crippen molar-refractivity contribution in [1.82, 2.24) is 0 Å². The average molecular weight is 730 g/mol. The Kier molecular flexibility index (Phi) is 10.3. The summed E-state index contributed by atoms with van der Waals surface area (Å²) in [5.41, 5.74) is 14.8. The zero-order chi connectivity index (χ0) is 34.2. The molecule has 0 unspecified atom stereocenters. The fourth-order valence-corrected chi connectivity index (χ4v) is 8.54. The van der Waals surface area contributed by atoms with E-state index in [4.69, 9.17) is 46.3 Å². The standard InChI is InChI=1S/C17H16ClN3O2S.C15H11Cl2N3O2S/c1-9-2-3-11(13(18)6-9)14-12(7-19)17(24-15(14)16(20)23)21-5-4-10(22)8-21;16-7-1-2-9(11(17)3-7)12-10(4-18)15(20-5-8(21)6-20)23-13(12)14(19)22/h2-3,6,10,22H,4-5,8H2,1H3,(H2,20,23);1-3,8,21H,5-6H2,(H2,19,22)/t10-;/m1./s1. The molecule has 47 heavy (non-hydrogen) atoms. The number of hydrogen-bond acceptors (Lipinski definition) is 10. The maximum absolute atomic E-state index is 11.9. The number of hydrogen-bond donors (Lipinski definition) is 4. The molecule has 0 radical (unpaired) electrons. The van der Waals surface area contributed by atoms with E-state index < -0.39 is 24.0 Å². The number of nitrogens with two attached hydrogens (primary N) is 2. The van der Waals surface area contributed by atoms with Gasteiger partial charge in [0, 0.05) is 63.5 Å². The van der Waals surface area contributed by atoms with E-state index in [9.17, 15) is 30.3 Å². The number of benzene rings is 2. The second kappa shape index (κ2) is 14.1. The minimum Gasteiger partial charge on any atom is -0.391 e. The molecular weight excluding hydrogens is 703 g/mol. The highest BCUT2D eigenvalue weighted by molar-refractivity contribution is 7.19.